The summed E-state index contributed by atoms with van der Waals surface area (Å²) < 4.78 is 0. The molecule has 0 aliphatic rings. The van der Waals surface area contributed by atoms with E-state index in [1.165, 1.54) is 57.8 Å². The highest BCUT2D eigenvalue weighted by Crippen LogP contribution is 2.18. The molecule has 29 heavy (non-hydrogen) atoms. The molecule has 0 fully saturated rings. The Labute approximate surface area is 176 Å². The van der Waals surface area contributed by atoms with E-state index >= 15 is 0 Å². The standard InChI is InChI=1S/C14H31NO.C11H8O2/c1-3-4-5-6-7-8-9-10-11-12-14(15)13(2)16;12-11(13)10-7-3-5-8-4-1-2-6-9(8)10/h13-14,16H,3-12,15H2,1-2H3;1-7H,(H,12,13). The molecule has 2 rings (SSSR count). The summed E-state index contributed by atoms with van der Waals surface area (Å²) in [7, 11) is 0. The monoisotopic (exact) mass is 401 g/mol. The lowest BCUT2D eigenvalue weighted by atomic mass is 10.0. The maximum atomic E-state index is 10.8. The van der Waals surface area contributed by atoms with E-state index < -0.39 is 5.97 Å². The number of benzene rings is 2. The molecule has 4 heteroatoms. The number of aliphatic hydroxyl groups is 1. The van der Waals surface area contributed by atoms with Gasteiger partial charge in [0.2, 0.25) is 0 Å². The van der Waals surface area contributed by atoms with Gasteiger partial charge < -0.3 is 15.9 Å². The minimum Gasteiger partial charge on any atom is -0.478 e. The first-order valence-corrected chi connectivity index (χ1v) is 11.1. The summed E-state index contributed by atoms with van der Waals surface area (Å²) in [6.07, 6.45) is 12.7. The zero-order chi connectivity index (χ0) is 21.5. The Hall–Kier alpha value is -1.91. The molecule has 2 aromatic rings. The summed E-state index contributed by atoms with van der Waals surface area (Å²) in [5.74, 6) is -0.878. The quantitative estimate of drug-likeness (QED) is 0.372. The largest absolute Gasteiger partial charge is 0.478 e. The fraction of sp³-hybridized carbons (Fsp3) is 0.560. The lowest BCUT2D eigenvalue weighted by molar-refractivity contribution is 0.0699. The van der Waals surface area contributed by atoms with Gasteiger partial charge in [-0.3, -0.25) is 0 Å². The third-order valence-electron chi connectivity index (χ3n) is 5.28. The molecule has 4 N–H and O–H groups in total. The van der Waals surface area contributed by atoms with Gasteiger partial charge in [-0.2, -0.15) is 0 Å². The number of carbonyl (C=O) groups is 1. The third kappa shape index (κ3) is 10.4. The molecule has 0 aliphatic carbocycles. The van der Waals surface area contributed by atoms with Crippen LogP contribution in [0.25, 0.3) is 10.8 Å². The van der Waals surface area contributed by atoms with E-state index in [1.807, 2.05) is 30.3 Å². The van der Waals surface area contributed by atoms with Crippen molar-refractivity contribution in [2.45, 2.75) is 90.2 Å². The average Bonchev–Trinajstić information content (AvgIpc) is 2.72. The first-order chi connectivity index (χ1) is 14.0. The first kappa shape index (κ1) is 25.1. The lowest BCUT2D eigenvalue weighted by Crippen LogP contribution is -2.31. The van der Waals surface area contributed by atoms with E-state index in [0.717, 1.165) is 17.2 Å². The van der Waals surface area contributed by atoms with Gasteiger partial charge >= 0.3 is 5.97 Å². The fourth-order valence-corrected chi connectivity index (χ4v) is 3.34. The van der Waals surface area contributed by atoms with Crippen molar-refractivity contribution in [2.75, 3.05) is 0 Å². The lowest BCUT2D eigenvalue weighted by Gasteiger charge is -2.13. The minimum absolute atomic E-state index is 0.0236. The predicted octanol–water partition coefficient (Wildman–Crippen LogP) is 6.15. The summed E-state index contributed by atoms with van der Waals surface area (Å²) >= 11 is 0. The highest BCUT2D eigenvalue weighted by Gasteiger charge is 2.08. The Morgan fingerprint density at radius 3 is 2.03 bits per heavy atom. The van der Waals surface area contributed by atoms with Crippen molar-refractivity contribution in [1.82, 2.24) is 0 Å². The second kappa shape index (κ2) is 15.0. The number of hydrogen-bond acceptors (Lipinski definition) is 3. The van der Waals surface area contributed by atoms with Crippen LogP contribution in [0.2, 0.25) is 0 Å². The van der Waals surface area contributed by atoms with Crippen molar-refractivity contribution < 1.29 is 15.0 Å². The van der Waals surface area contributed by atoms with E-state index in [2.05, 4.69) is 6.92 Å². The zero-order valence-corrected chi connectivity index (χ0v) is 18.1. The van der Waals surface area contributed by atoms with Crippen molar-refractivity contribution in [3.63, 3.8) is 0 Å². The first-order valence-electron chi connectivity index (χ1n) is 11.1. The Morgan fingerprint density at radius 1 is 0.897 bits per heavy atom. The summed E-state index contributed by atoms with van der Waals surface area (Å²) in [6, 6.07) is 12.7. The Bertz CT molecular complexity index is 694. The topological polar surface area (TPSA) is 83.5 Å². The molecule has 0 aliphatic heterocycles. The molecule has 0 spiro atoms. The van der Waals surface area contributed by atoms with Crippen LogP contribution in [0.1, 0.15) is 88.4 Å². The van der Waals surface area contributed by atoms with Gasteiger partial charge in [-0.1, -0.05) is 101 Å². The molecular formula is C25H39NO3. The van der Waals surface area contributed by atoms with Gasteiger partial charge in [-0.05, 0) is 30.2 Å². The summed E-state index contributed by atoms with van der Waals surface area (Å²) in [6.45, 7) is 4.03. The van der Waals surface area contributed by atoms with E-state index in [1.54, 1.807) is 19.1 Å². The molecule has 2 unspecified atom stereocenters. The maximum absolute atomic E-state index is 10.8. The average molecular weight is 402 g/mol. The number of nitrogens with two attached hydrogens (primary N) is 1. The molecule has 0 aromatic heterocycles. The van der Waals surface area contributed by atoms with E-state index in [4.69, 9.17) is 10.8 Å². The van der Waals surface area contributed by atoms with Crippen LogP contribution in [-0.4, -0.2) is 28.3 Å². The van der Waals surface area contributed by atoms with E-state index in [9.17, 15) is 9.90 Å². The van der Waals surface area contributed by atoms with Crippen LogP contribution < -0.4 is 5.73 Å². The molecule has 4 nitrogen and oxygen atoms in total. The molecule has 0 saturated carbocycles. The van der Waals surface area contributed by atoms with E-state index in [0.29, 0.717) is 5.56 Å². The molecule has 0 radical (unpaired) electrons. The molecular weight excluding hydrogens is 362 g/mol. The van der Waals surface area contributed by atoms with Gasteiger partial charge in [0.15, 0.2) is 0 Å². The molecule has 162 valence electrons. The van der Waals surface area contributed by atoms with Crippen LogP contribution in [0.15, 0.2) is 42.5 Å². The van der Waals surface area contributed by atoms with Crippen molar-refractivity contribution in [3.05, 3.63) is 48.0 Å². The van der Waals surface area contributed by atoms with Gasteiger partial charge in [-0.25, -0.2) is 4.79 Å². The number of aromatic carboxylic acids is 1. The fourth-order valence-electron chi connectivity index (χ4n) is 3.34. The van der Waals surface area contributed by atoms with Gasteiger partial charge in [0.1, 0.15) is 0 Å². The van der Waals surface area contributed by atoms with Crippen LogP contribution >= 0.6 is 0 Å². The molecule has 0 heterocycles. The highest BCUT2D eigenvalue weighted by atomic mass is 16.4. The molecule has 2 atom stereocenters. The highest BCUT2D eigenvalue weighted by molar-refractivity contribution is 6.03. The number of unbranched alkanes of at least 4 members (excludes halogenated alkanes) is 8. The summed E-state index contributed by atoms with van der Waals surface area (Å²) in [5, 5.41) is 19.9. The van der Waals surface area contributed by atoms with Crippen molar-refractivity contribution >= 4 is 16.7 Å². The van der Waals surface area contributed by atoms with E-state index in [-0.39, 0.29) is 12.1 Å². The molecule has 0 saturated heterocycles. The van der Waals surface area contributed by atoms with Crippen LogP contribution in [-0.2, 0) is 0 Å². The number of fused-ring (bicyclic) bond motifs is 1. The Morgan fingerprint density at radius 2 is 1.45 bits per heavy atom. The normalized spacial score (nSPS) is 12.8. The van der Waals surface area contributed by atoms with Gasteiger partial charge in [-0.15, -0.1) is 0 Å². The Balaban J connectivity index is 0.000000294. The second-order valence-electron chi connectivity index (χ2n) is 7.85. The predicted molar refractivity (Wildman–Crippen MR) is 122 cm³/mol. The number of rotatable bonds is 12. The summed E-state index contributed by atoms with van der Waals surface area (Å²) in [5.41, 5.74) is 6.12. The number of hydrogen-bond donors (Lipinski definition) is 3. The van der Waals surface area contributed by atoms with Gasteiger partial charge in [0.05, 0.1) is 11.7 Å². The smallest absolute Gasteiger partial charge is 0.336 e. The van der Waals surface area contributed by atoms with Crippen LogP contribution in [0, 0.1) is 0 Å². The third-order valence-corrected chi connectivity index (χ3v) is 5.28. The van der Waals surface area contributed by atoms with Crippen LogP contribution in [0.4, 0.5) is 0 Å². The van der Waals surface area contributed by atoms with Crippen molar-refractivity contribution in [3.8, 4) is 0 Å². The van der Waals surface area contributed by atoms with Gasteiger partial charge in [0, 0.05) is 6.04 Å². The summed E-state index contributed by atoms with van der Waals surface area (Å²) in [4.78, 5) is 10.8. The number of carboxylic acids is 1. The van der Waals surface area contributed by atoms with Gasteiger partial charge in [0.25, 0.3) is 0 Å². The van der Waals surface area contributed by atoms with Crippen molar-refractivity contribution in [2.24, 2.45) is 5.73 Å². The second-order valence-corrected chi connectivity index (χ2v) is 7.85. The van der Waals surface area contributed by atoms with Crippen molar-refractivity contribution in [1.29, 1.82) is 0 Å². The number of carboxylic acid groups (broad SMARTS) is 1. The molecule has 2 aromatic carbocycles. The van der Waals surface area contributed by atoms with Crippen LogP contribution in [0.3, 0.4) is 0 Å². The number of aliphatic hydroxyl groups excluding tert-OH is 1. The SMILES string of the molecule is CCCCCCCCCCCC(N)C(C)O.O=C(O)c1cccc2ccccc12. The van der Waals surface area contributed by atoms with Crippen LogP contribution in [0.5, 0.6) is 0 Å². The Kier molecular flexibility index (Phi) is 13.0. The maximum Gasteiger partial charge on any atom is 0.336 e. The molecule has 0 amide bonds. The minimum atomic E-state index is -0.878. The zero-order valence-electron chi connectivity index (χ0n) is 18.1. The molecule has 0 bridgehead atoms.